The van der Waals surface area contributed by atoms with E-state index in [-0.39, 0.29) is 5.56 Å². The Hall–Kier alpha value is -1.29. The number of aromatic carboxylic acids is 1. The number of hydrogen-bond donors (Lipinski definition) is 2. The largest absolute Gasteiger partial charge is 0.478 e. The van der Waals surface area contributed by atoms with Gasteiger partial charge in [0.1, 0.15) is 12.0 Å². The second-order valence-corrected chi connectivity index (χ2v) is 4.87. The van der Waals surface area contributed by atoms with Crippen molar-refractivity contribution in [1.82, 2.24) is 5.32 Å². The molecule has 0 spiro atoms. The molecule has 0 amide bonds. The van der Waals surface area contributed by atoms with Gasteiger partial charge in [-0.25, -0.2) is 4.79 Å². The van der Waals surface area contributed by atoms with Crippen LogP contribution in [0.4, 0.5) is 0 Å². The maximum absolute atomic E-state index is 10.6. The van der Waals surface area contributed by atoms with E-state index < -0.39 is 5.97 Å². The Bertz CT molecular complexity index is 379. The molecule has 0 aliphatic heterocycles. The van der Waals surface area contributed by atoms with Crippen molar-refractivity contribution < 1.29 is 14.3 Å². The summed E-state index contributed by atoms with van der Waals surface area (Å²) in [5.74, 6) is -0.263. The summed E-state index contributed by atoms with van der Waals surface area (Å²) in [4.78, 5) is 10.6. The van der Waals surface area contributed by atoms with Crippen LogP contribution in [0.2, 0.25) is 0 Å². The summed E-state index contributed by atoms with van der Waals surface area (Å²) >= 11 is 0. The number of furan rings is 1. The van der Waals surface area contributed by atoms with E-state index >= 15 is 0 Å². The lowest BCUT2D eigenvalue weighted by Crippen LogP contribution is -2.36. The Morgan fingerprint density at radius 3 is 2.88 bits per heavy atom. The summed E-state index contributed by atoms with van der Waals surface area (Å²) in [5, 5.41) is 12.0. The predicted molar refractivity (Wildman–Crippen MR) is 59.3 cm³/mol. The number of hydrogen-bond acceptors (Lipinski definition) is 3. The van der Waals surface area contributed by atoms with Crippen LogP contribution < -0.4 is 5.32 Å². The number of carboxylic acid groups (broad SMARTS) is 1. The fourth-order valence-electron chi connectivity index (χ4n) is 2.03. The molecule has 1 heterocycles. The summed E-state index contributed by atoms with van der Waals surface area (Å²) in [6.45, 7) is 3.84. The number of carboxylic acids is 1. The third-order valence-electron chi connectivity index (χ3n) is 3.31. The van der Waals surface area contributed by atoms with Crippen LogP contribution in [0.1, 0.15) is 42.3 Å². The molecule has 4 nitrogen and oxygen atoms in total. The van der Waals surface area contributed by atoms with Crippen LogP contribution in [0.25, 0.3) is 0 Å². The number of rotatable bonds is 5. The van der Waals surface area contributed by atoms with Crippen LogP contribution in [0, 0.1) is 5.41 Å². The molecule has 0 aromatic carbocycles. The summed E-state index contributed by atoms with van der Waals surface area (Å²) in [7, 11) is 0. The van der Waals surface area contributed by atoms with E-state index in [1.165, 1.54) is 25.5 Å². The van der Waals surface area contributed by atoms with Crippen molar-refractivity contribution in [3.05, 3.63) is 23.7 Å². The maximum Gasteiger partial charge on any atom is 0.338 e. The van der Waals surface area contributed by atoms with Gasteiger partial charge in [-0.05, 0) is 24.3 Å². The second kappa shape index (κ2) is 4.29. The molecule has 1 fully saturated rings. The van der Waals surface area contributed by atoms with E-state index in [1.807, 2.05) is 0 Å². The Morgan fingerprint density at radius 2 is 2.38 bits per heavy atom. The lowest BCUT2D eigenvalue weighted by molar-refractivity contribution is 0.0696. The molecule has 1 aromatic rings. The van der Waals surface area contributed by atoms with E-state index in [2.05, 4.69) is 12.2 Å². The highest BCUT2D eigenvalue weighted by Crippen LogP contribution is 2.39. The molecule has 0 saturated heterocycles. The minimum Gasteiger partial charge on any atom is -0.478 e. The molecule has 1 aliphatic carbocycles. The Labute approximate surface area is 94.6 Å². The molecule has 16 heavy (non-hydrogen) atoms. The van der Waals surface area contributed by atoms with Gasteiger partial charge in [0, 0.05) is 6.54 Å². The first-order chi connectivity index (χ1) is 7.59. The summed E-state index contributed by atoms with van der Waals surface area (Å²) in [5.41, 5.74) is 0.647. The van der Waals surface area contributed by atoms with Crippen LogP contribution in [0.3, 0.4) is 0 Å². The molecule has 1 aliphatic rings. The zero-order chi connectivity index (χ0) is 11.6. The summed E-state index contributed by atoms with van der Waals surface area (Å²) in [6.07, 6.45) is 5.16. The van der Waals surface area contributed by atoms with Gasteiger partial charge < -0.3 is 14.8 Å². The molecular formula is C12H17NO3. The second-order valence-electron chi connectivity index (χ2n) is 4.87. The van der Waals surface area contributed by atoms with E-state index in [9.17, 15) is 4.79 Å². The van der Waals surface area contributed by atoms with E-state index in [0.717, 1.165) is 6.54 Å². The predicted octanol–water partition coefficient (Wildman–Crippen LogP) is 2.26. The standard InChI is InChI=1S/C12H17NO3/c1-12(3-2-4-12)8-13-6-10-5-9(7-16-10)11(14)15/h5,7,13H,2-4,6,8H2,1H3,(H,14,15). The van der Waals surface area contributed by atoms with Crippen LogP contribution in [0.15, 0.2) is 16.7 Å². The first kappa shape index (κ1) is 11.2. The lowest BCUT2D eigenvalue weighted by atomic mass is 9.70. The smallest absolute Gasteiger partial charge is 0.338 e. The zero-order valence-corrected chi connectivity index (χ0v) is 9.45. The van der Waals surface area contributed by atoms with Crippen molar-refractivity contribution in [1.29, 1.82) is 0 Å². The van der Waals surface area contributed by atoms with Crippen LogP contribution in [-0.4, -0.2) is 17.6 Å². The van der Waals surface area contributed by atoms with Gasteiger partial charge in [-0.2, -0.15) is 0 Å². The van der Waals surface area contributed by atoms with Crippen molar-refractivity contribution in [2.75, 3.05) is 6.54 Å². The fourth-order valence-corrected chi connectivity index (χ4v) is 2.03. The van der Waals surface area contributed by atoms with E-state index in [0.29, 0.717) is 17.7 Å². The third kappa shape index (κ3) is 2.44. The third-order valence-corrected chi connectivity index (χ3v) is 3.31. The van der Waals surface area contributed by atoms with Crippen LogP contribution in [-0.2, 0) is 6.54 Å². The van der Waals surface area contributed by atoms with Crippen LogP contribution in [0.5, 0.6) is 0 Å². The zero-order valence-electron chi connectivity index (χ0n) is 9.45. The Kier molecular flexibility index (Phi) is 3.01. The average Bonchev–Trinajstić information content (AvgIpc) is 2.64. The van der Waals surface area contributed by atoms with Gasteiger partial charge in [0.05, 0.1) is 12.1 Å². The highest BCUT2D eigenvalue weighted by atomic mass is 16.4. The molecule has 1 aromatic heterocycles. The molecule has 2 rings (SSSR count). The molecule has 88 valence electrons. The van der Waals surface area contributed by atoms with Gasteiger partial charge in [0.15, 0.2) is 0 Å². The lowest BCUT2D eigenvalue weighted by Gasteiger charge is -2.38. The summed E-state index contributed by atoms with van der Waals surface area (Å²) in [6, 6.07) is 1.57. The molecular weight excluding hydrogens is 206 g/mol. The molecule has 2 N–H and O–H groups in total. The summed E-state index contributed by atoms with van der Waals surface area (Å²) < 4.78 is 5.15. The number of carbonyl (C=O) groups is 1. The molecule has 0 unspecified atom stereocenters. The fraction of sp³-hybridized carbons (Fsp3) is 0.583. The average molecular weight is 223 g/mol. The molecule has 0 radical (unpaired) electrons. The topological polar surface area (TPSA) is 62.5 Å². The monoisotopic (exact) mass is 223 g/mol. The highest BCUT2D eigenvalue weighted by molar-refractivity contribution is 5.87. The first-order valence-electron chi connectivity index (χ1n) is 5.60. The molecule has 4 heteroatoms. The SMILES string of the molecule is CC1(CNCc2cc(C(=O)O)co2)CCC1. The van der Waals surface area contributed by atoms with E-state index in [4.69, 9.17) is 9.52 Å². The van der Waals surface area contributed by atoms with Crippen molar-refractivity contribution in [3.8, 4) is 0 Å². The molecule has 1 saturated carbocycles. The van der Waals surface area contributed by atoms with Gasteiger partial charge in [-0.15, -0.1) is 0 Å². The van der Waals surface area contributed by atoms with Crippen molar-refractivity contribution in [2.24, 2.45) is 5.41 Å². The number of nitrogens with one attached hydrogen (secondary N) is 1. The molecule has 0 bridgehead atoms. The van der Waals surface area contributed by atoms with Gasteiger partial charge in [-0.3, -0.25) is 0 Å². The maximum atomic E-state index is 10.6. The van der Waals surface area contributed by atoms with Gasteiger partial charge >= 0.3 is 5.97 Å². The van der Waals surface area contributed by atoms with Gasteiger partial charge in [-0.1, -0.05) is 13.3 Å². The minimum atomic E-state index is -0.944. The van der Waals surface area contributed by atoms with E-state index in [1.54, 1.807) is 6.07 Å². The molecule has 0 atom stereocenters. The Balaban J connectivity index is 1.78. The van der Waals surface area contributed by atoms with Crippen molar-refractivity contribution in [3.63, 3.8) is 0 Å². The van der Waals surface area contributed by atoms with Crippen molar-refractivity contribution >= 4 is 5.97 Å². The van der Waals surface area contributed by atoms with Gasteiger partial charge in [0.25, 0.3) is 0 Å². The van der Waals surface area contributed by atoms with Crippen LogP contribution >= 0.6 is 0 Å². The first-order valence-corrected chi connectivity index (χ1v) is 5.60. The van der Waals surface area contributed by atoms with Gasteiger partial charge in [0.2, 0.25) is 0 Å². The highest BCUT2D eigenvalue weighted by Gasteiger charge is 2.30. The normalized spacial score (nSPS) is 18.1. The van der Waals surface area contributed by atoms with Crippen molar-refractivity contribution in [2.45, 2.75) is 32.7 Å². The quantitative estimate of drug-likeness (QED) is 0.803. The Morgan fingerprint density at radius 1 is 1.62 bits per heavy atom. The minimum absolute atomic E-state index is 0.214.